The van der Waals surface area contributed by atoms with Crippen molar-refractivity contribution in [2.45, 2.75) is 18.9 Å². The summed E-state index contributed by atoms with van der Waals surface area (Å²) in [5.41, 5.74) is 1.74. The third-order valence-electron chi connectivity index (χ3n) is 3.97. The van der Waals surface area contributed by atoms with Crippen LogP contribution in [0.2, 0.25) is 0 Å². The smallest absolute Gasteiger partial charge is 0.233 e. The van der Waals surface area contributed by atoms with E-state index in [0.717, 1.165) is 56.7 Å². The molecule has 0 N–H and O–H groups in total. The molecule has 0 spiro atoms. The van der Waals surface area contributed by atoms with Gasteiger partial charge in [0.25, 0.3) is 0 Å². The van der Waals surface area contributed by atoms with Crippen molar-refractivity contribution in [3.8, 4) is 5.88 Å². The Morgan fingerprint density at radius 3 is 2.83 bits per heavy atom. The predicted molar refractivity (Wildman–Crippen MR) is 90.6 cm³/mol. The number of para-hydroxylation sites is 2. The SMILES string of the molecule is C=CCCC(CN1CCOCC1)Oc1cnc2ccccc2n1. The van der Waals surface area contributed by atoms with Gasteiger partial charge in [-0.2, -0.15) is 0 Å². The van der Waals surface area contributed by atoms with E-state index in [2.05, 4.69) is 21.4 Å². The fraction of sp³-hybridized carbons (Fsp3) is 0.444. The highest BCUT2D eigenvalue weighted by Gasteiger charge is 2.18. The van der Waals surface area contributed by atoms with Crippen LogP contribution in [0.15, 0.2) is 43.1 Å². The summed E-state index contributed by atoms with van der Waals surface area (Å²) < 4.78 is 11.5. The number of hydrogen-bond donors (Lipinski definition) is 0. The molecule has 0 aliphatic carbocycles. The van der Waals surface area contributed by atoms with Crippen LogP contribution in [0.4, 0.5) is 0 Å². The molecule has 0 amide bonds. The zero-order valence-corrected chi connectivity index (χ0v) is 13.4. The normalized spacial score (nSPS) is 17.0. The molecule has 1 atom stereocenters. The lowest BCUT2D eigenvalue weighted by Gasteiger charge is -2.30. The average molecular weight is 313 g/mol. The third kappa shape index (κ3) is 4.50. The van der Waals surface area contributed by atoms with Gasteiger partial charge in [0.1, 0.15) is 6.10 Å². The summed E-state index contributed by atoms with van der Waals surface area (Å²) >= 11 is 0. The summed E-state index contributed by atoms with van der Waals surface area (Å²) in [7, 11) is 0. The van der Waals surface area contributed by atoms with Crippen molar-refractivity contribution in [1.29, 1.82) is 0 Å². The van der Waals surface area contributed by atoms with Crippen molar-refractivity contribution >= 4 is 11.0 Å². The largest absolute Gasteiger partial charge is 0.472 e. The quantitative estimate of drug-likeness (QED) is 0.736. The lowest BCUT2D eigenvalue weighted by molar-refractivity contribution is 0.0174. The van der Waals surface area contributed by atoms with Crippen LogP contribution in [0.25, 0.3) is 11.0 Å². The summed E-state index contributed by atoms with van der Waals surface area (Å²) in [5.74, 6) is 0.589. The summed E-state index contributed by atoms with van der Waals surface area (Å²) in [5, 5.41) is 0. The lowest BCUT2D eigenvalue weighted by atomic mass is 10.2. The van der Waals surface area contributed by atoms with Gasteiger partial charge in [-0.15, -0.1) is 6.58 Å². The van der Waals surface area contributed by atoms with Gasteiger partial charge in [0.15, 0.2) is 0 Å². The zero-order chi connectivity index (χ0) is 15.9. The Hall–Kier alpha value is -1.98. The van der Waals surface area contributed by atoms with Crippen LogP contribution in [0.5, 0.6) is 5.88 Å². The van der Waals surface area contributed by atoms with Crippen LogP contribution in [0.1, 0.15) is 12.8 Å². The number of nitrogens with zero attached hydrogens (tertiary/aromatic N) is 3. The molecule has 2 heterocycles. The molecule has 5 nitrogen and oxygen atoms in total. The van der Waals surface area contributed by atoms with Crippen molar-refractivity contribution in [2.75, 3.05) is 32.8 Å². The Kier molecular flexibility index (Phi) is 5.56. The number of fused-ring (bicyclic) bond motifs is 1. The van der Waals surface area contributed by atoms with Gasteiger partial charge in [-0.3, -0.25) is 4.90 Å². The second kappa shape index (κ2) is 8.04. The molecule has 2 aromatic rings. The van der Waals surface area contributed by atoms with Gasteiger partial charge in [-0.25, -0.2) is 9.97 Å². The van der Waals surface area contributed by atoms with Crippen molar-refractivity contribution in [3.63, 3.8) is 0 Å². The Morgan fingerprint density at radius 1 is 1.26 bits per heavy atom. The molecule has 1 saturated heterocycles. The van der Waals surface area contributed by atoms with E-state index in [1.54, 1.807) is 6.20 Å². The number of hydrogen-bond acceptors (Lipinski definition) is 5. The Labute approximate surface area is 136 Å². The lowest BCUT2D eigenvalue weighted by Crippen LogP contribution is -2.42. The number of aromatic nitrogens is 2. The molecule has 0 bridgehead atoms. The molecule has 1 fully saturated rings. The minimum atomic E-state index is 0.0848. The number of morpholine rings is 1. The molecule has 0 radical (unpaired) electrons. The first-order chi connectivity index (χ1) is 11.3. The highest BCUT2D eigenvalue weighted by Crippen LogP contribution is 2.16. The molecule has 3 rings (SSSR count). The monoisotopic (exact) mass is 313 g/mol. The molecule has 23 heavy (non-hydrogen) atoms. The van der Waals surface area contributed by atoms with Crippen molar-refractivity contribution < 1.29 is 9.47 Å². The van der Waals surface area contributed by atoms with E-state index in [9.17, 15) is 0 Å². The van der Waals surface area contributed by atoms with E-state index >= 15 is 0 Å². The van der Waals surface area contributed by atoms with Gasteiger partial charge < -0.3 is 9.47 Å². The van der Waals surface area contributed by atoms with Gasteiger partial charge in [0, 0.05) is 19.6 Å². The Balaban J connectivity index is 1.68. The number of allylic oxidation sites excluding steroid dienone is 1. The molecule has 122 valence electrons. The number of benzene rings is 1. The van der Waals surface area contributed by atoms with E-state index in [-0.39, 0.29) is 6.10 Å². The van der Waals surface area contributed by atoms with Crippen molar-refractivity contribution in [3.05, 3.63) is 43.1 Å². The highest BCUT2D eigenvalue weighted by atomic mass is 16.5. The summed E-state index contributed by atoms with van der Waals surface area (Å²) in [6, 6.07) is 7.83. The molecule has 1 aromatic heterocycles. The minimum Gasteiger partial charge on any atom is -0.472 e. The summed E-state index contributed by atoms with van der Waals surface area (Å²) in [6.07, 6.45) is 5.58. The van der Waals surface area contributed by atoms with E-state index < -0.39 is 0 Å². The Morgan fingerprint density at radius 2 is 2.04 bits per heavy atom. The maximum absolute atomic E-state index is 6.12. The molecule has 0 saturated carbocycles. The first-order valence-corrected chi connectivity index (χ1v) is 8.14. The zero-order valence-electron chi connectivity index (χ0n) is 13.4. The first kappa shape index (κ1) is 15.9. The van der Waals surface area contributed by atoms with Crippen LogP contribution >= 0.6 is 0 Å². The van der Waals surface area contributed by atoms with E-state index in [4.69, 9.17) is 9.47 Å². The molecule has 5 heteroatoms. The van der Waals surface area contributed by atoms with Crippen LogP contribution in [0.3, 0.4) is 0 Å². The van der Waals surface area contributed by atoms with Crippen LogP contribution in [-0.4, -0.2) is 53.8 Å². The summed E-state index contributed by atoms with van der Waals surface area (Å²) in [6.45, 7) is 8.19. The van der Waals surface area contributed by atoms with E-state index in [0.29, 0.717) is 5.88 Å². The second-order valence-corrected chi connectivity index (χ2v) is 5.72. The fourth-order valence-corrected chi connectivity index (χ4v) is 2.73. The third-order valence-corrected chi connectivity index (χ3v) is 3.97. The van der Waals surface area contributed by atoms with Gasteiger partial charge in [0.2, 0.25) is 5.88 Å². The van der Waals surface area contributed by atoms with Gasteiger partial charge in [0.05, 0.1) is 30.4 Å². The van der Waals surface area contributed by atoms with E-state index in [1.165, 1.54) is 0 Å². The van der Waals surface area contributed by atoms with Gasteiger partial charge >= 0.3 is 0 Å². The summed E-state index contributed by atoms with van der Waals surface area (Å²) in [4.78, 5) is 11.4. The topological polar surface area (TPSA) is 47.5 Å². The fourth-order valence-electron chi connectivity index (χ4n) is 2.73. The molecule has 1 unspecified atom stereocenters. The number of rotatable bonds is 7. The second-order valence-electron chi connectivity index (χ2n) is 5.72. The molecular formula is C18H23N3O2. The first-order valence-electron chi connectivity index (χ1n) is 8.14. The van der Waals surface area contributed by atoms with E-state index in [1.807, 2.05) is 30.3 Å². The minimum absolute atomic E-state index is 0.0848. The number of ether oxygens (including phenoxy) is 2. The van der Waals surface area contributed by atoms with Crippen molar-refractivity contribution in [1.82, 2.24) is 14.9 Å². The standard InChI is InChI=1S/C18H23N3O2/c1-2-3-6-15(14-21-9-11-22-12-10-21)23-18-13-19-16-7-4-5-8-17(16)20-18/h2,4-5,7-8,13,15H,1,3,6,9-12,14H2. The maximum atomic E-state index is 6.12. The molecule has 1 aliphatic rings. The average Bonchev–Trinajstić information content (AvgIpc) is 2.60. The molecular weight excluding hydrogens is 290 g/mol. The van der Waals surface area contributed by atoms with Crippen LogP contribution < -0.4 is 4.74 Å². The van der Waals surface area contributed by atoms with Crippen LogP contribution in [0, 0.1) is 0 Å². The van der Waals surface area contributed by atoms with Gasteiger partial charge in [-0.1, -0.05) is 18.2 Å². The van der Waals surface area contributed by atoms with Gasteiger partial charge in [-0.05, 0) is 25.0 Å². The Bertz CT molecular complexity index is 641. The molecule has 1 aromatic carbocycles. The van der Waals surface area contributed by atoms with Crippen molar-refractivity contribution in [2.24, 2.45) is 0 Å². The predicted octanol–water partition coefficient (Wildman–Crippen LogP) is 2.68. The van der Waals surface area contributed by atoms with Crippen LogP contribution in [-0.2, 0) is 4.74 Å². The highest BCUT2D eigenvalue weighted by molar-refractivity contribution is 5.73. The maximum Gasteiger partial charge on any atom is 0.233 e. The molecule has 1 aliphatic heterocycles.